The van der Waals surface area contributed by atoms with Crippen molar-refractivity contribution < 1.29 is 0 Å². The van der Waals surface area contributed by atoms with E-state index in [2.05, 4.69) is 95.9 Å². The number of nitrogens with zero attached hydrogens (tertiary/aromatic N) is 1. The van der Waals surface area contributed by atoms with Gasteiger partial charge in [0, 0.05) is 13.1 Å². The SMILES string of the molecule is C1=Cc2ccccc2C(=C2CCN(CCCCCCc3ccccc3)CC2)c2ccccc21. The van der Waals surface area contributed by atoms with Crippen molar-refractivity contribution in [2.24, 2.45) is 0 Å². The van der Waals surface area contributed by atoms with Crippen LogP contribution in [0, 0.1) is 0 Å². The Morgan fingerprint density at radius 2 is 1.15 bits per heavy atom. The standard InChI is InChI=1S/C32H35N/c1(4-12-26-13-5-3-6-14-26)2-11-23-33-24-21-29(22-25-33)32-30-17-9-7-15-27(30)19-20-28-16-8-10-18-31(28)32/h3,5-10,13-20H,1-2,4,11-12,21-25H2. The lowest BCUT2D eigenvalue weighted by Crippen LogP contribution is -2.32. The third kappa shape index (κ3) is 5.37. The summed E-state index contributed by atoms with van der Waals surface area (Å²) in [6.45, 7) is 3.64. The topological polar surface area (TPSA) is 3.24 Å². The molecule has 33 heavy (non-hydrogen) atoms. The smallest absolute Gasteiger partial charge is 0.00190 e. The van der Waals surface area contributed by atoms with Crippen LogP contribution in [0.2, 0.25) is 0 Å². The van der Waals surface area contributed by atoms with Gasteiger partial charge in [-0.05, 0) is 72.0 Å². The molecule has 1 saturated heterocycles. The normalized spacial score (nSPS) is 15.8. The Morgan fingerprint density at radius 3 is 1.82 bits per heavy atom. The van der Waals surface area contributed by atoms with Gasteiger partial charge in [-0.2, -0.15) is 0 Å². The second-order valence-corrected chi connectivity index (χ2v) is 9.48. The van der Waals surface area contributed by atoms with E-state index in [4.69, 9.17) is 0 Å². The molecule has 0 unspecified atom stereocenters. The highest BCUT2D eigenvalue weighted by Crippen LogP contribution is 2.38. The molecular weight excluding hydrogens is 398 g/mol. The van der Waals surface area contributed by atoms with Crippen molar-refractivity contribution in [3.63, 3.8) is 0 Å². The Balaban J connectivity index is 1.18. The third-order valence-electron chi connectivity index (χ3n) is 7.25. The van der Waals surface area contributed by atoms with Gasteiger partial charge in [-0.1, -0.05) is 109 Å². The molecule has 0 N–H and O–H groups in total. The molecule has 0 atom stereocenters. The van der Waals surface area contributed by atoms with Gasteiger partial charge in [0.25, 0.3) is 0 Å². The largest absolute Gasteiger partial charge is 0.303 e. The molecular formula is C32H35N. The van der Waals surface area contributed by atoms with Gasteiger partial charge in [-0.3, -0.25) is 0 Å². The number of likely N-dealkylation sites (tertiary alicyclic amines) is 1. The average molecular weight is 434 g/mol. The average Bonchev–Trinajstić information content (AvgIpc) is 3.04. The van der Waals surface area contributed by atoms with Crippen molar-refractivity contribution in [3.8, 4) is 0 Å². The Hall–Kier alpha value is -2.90. The molecule has 1 heteroatoms. The molecule has 0 radical (unpaired) electrons. The van der Waals surface area contributed by atoms with Gasteiger partial charge in [0.15, 0.2) is 0 Å². The number of unbranched alkanes of at least 4 members (excludes halogenated alkanes) is 3. The number of piperidine rings is 1. The molecule has 1 fully saturated rings. The van der Waals surface area contributed by atoms with Crippen LogP contribution in [0.15, 0.2) is 84.4 Å². The summed E-state index contributed by atoms with van der Waals surface area (Å²) in [6, 6.07) is 28.7. The van der Waals surface area contributed by atoms with Crippen LogP contribution < -0.4 is 0 Å². The van der Waals surface area contributed by atoms with E-state index >= 15 is 0 Å². The fourth-order valence-electron chi connectivity index (χ4n) is 5.40. The minimum Gasteiger partial charge on any atom is -0.303 e. The Kier molecular flexibility index (Phi) is 7.18. The van der Waals surface area contributed by atoms with E-state index in [1.807, 2.05) is 0 Å². The molecule has 1 nitrogen and oxygen atoms in total. The molecule has 2 aliphatic rings. The summed E-state index contributed by atoms with van der Waals surface area (Å²) >= 11 is 0. The molecule has 3 aromatic carbocycles. The summed E-state index contributed by atoms with van der Waals surface area (Å²) < 4.78 is 0. The first-order valence-electron chi connectivity index (χ1n) is 12.7. The molecule has 0 aromatic heterocycles. The van der Waals surface area contributed by atoms with Gasteiger partial charge in [-0.15, -0.1) is 0 Å². The number of aryl methyl sites for hydroxylation is 1. The summed E-state index contributed by atoms with van der Waals surface area (Å²) in [5.74, 6) is 0. The van der Waals surface area contributed by atoms with Crippen LogP contribution in [0.5, 0.6) is 0 Å². The molecule has 1 heterocycles. The van der Waals surface area contributed by atoms with Gasteiger partial charge >= 0.3 is 0 Å². The number of hydrogen-bond acceptors (Lipinski definition) is 1. The van der Waals surface area contributed by atoms with Crippen molar-refractivity contribution in [3.05, 3.63) is 112 Å². The quantitative estimate of drug-likeness (QED) is 0.268. The first kappa shape index (κ1) is 21.9. The van der Waals surface area contributed by atoms with Crippen molar-refractivity contribution in [2.45, 2.75) is 44.9 Å². The highest BCUT2D eigenvalue weighted by Gasteiger charge is 2.22. The number of rotatable bonds is 7. The fraction of sp³-hybridized carbons (Fsp3) is 0.312. The molecule has 5 rings (SSSR count). The van der Waals surface area contributed by atoms with Gasteiger partial charge in [0.1, 0.15) is 0 Å². The molecule has 168 valence electrons. The highest BCUT2D eigenvalue weighted by atomic mass is 15.1. The summed E-state index contributed by atoms with van der Waals surface area (Å²) in [4.78, 5) is 2.69. The Labute approximate surface area is 199 Å². The van der Waals surface area contributed by atoms with Gasteiger partial charge in [0.2, 0.25) is 0 Å². The van der Waals surface area contributed by atoms with Crippen LogP contribution in [0.3, 0.4) is 0 Å². The van der Waals surface area contributed by atoms with Crippen LogP contribution >= 0.6 is 0 Å². The van der Waals surface area contributed by atoms with E-state index in [1.165, 1.54) is 98.0 Å². The van der Waals surface area contributed by atoms with E-state index in [-0.39, 0.29) is 0 Å². The van der Waals surface area contributed by atoms with Crippen LogP contribution in [0.1, 0.15) is 66.3 Å². The molecule has 0 spiro atoms. The third-order valence-corrected chi connectivity index (χ3v) is 7.25. The first-order valence-corrected chi connectivity index (χ1v) is 12.7. The van der Waals surface area contributed by atoms with Crippen molar-refractivity contribution >= 4 is 17.7 Å². The lowest BCUT2D eigenvalue weighted by Gasteiger charge is -2.30. The maximum atomic E-state index is 2.69. The van der Waals surface area contributed by atoms with E-state index < -0.39 is 0 Å². The summed E-state index contributed by atoms with van der Waals surface area (Å²) in [7, 11) is 0. The van der Waals surface area contributed by atoms with Crippen LogP contribution in [0.4, 0.5) is 0 Å². The summed E-state index contributed by atoms with van der Waals surface area (Å²) in [6.07, 6.45) is 13.5. The maximum absolute atomic E-state index is 2.69. The monoisotopic (exact) mass is 433 g/mol. The van der Waals surface area contributed by atoms with E-state index in [9.17, 15) is 0 Å². The first-order chi connectivity index (χ1) is 16.4. The highest BCUT2D eigenvalue weighted by molar-refractivity contribution is 5.94. The van der Waals surface area contributed by atoms with E-state index in [0.29, 0.717) is 0 Å². The lowest BCUT2D eigenvalue weighted by atomic mass is 9.86. The van der Waals surface area contributed by atoms with Crippen LogP contribution in [0.25, 0.3) is 17.7 Å². The zero-order valence-corrected chi connectivity index (χ0v) is 19.7. The summed E-state index contributed by atoms with van der Waals surface area (Å²) in [5, 5.41) is 0. The number of fused-ring (bicyclic) bond motifs is 2. The lowest BCUT2D eigenvalue weighted by molar-refractivity contribution is 0.251. The van der Waals surface area contributed by atoms with E-state index in [1.54, 1.807) is 5.57 Å². The number of hydrogen-bond donors (Lipinski definition) is 0. The zero-order valence-electron chi connectivity index (χ0n) is 19.7. The predicted octanol–water partition coefficient (Wildman–Crippen LogP) is 7.87. The van der Waals surface area contributed by atoms with Crippen LogP contribution in [-0.2, 0) is 6.42 Å². The minimum atomic E-state index is 1.19. The van der Waals surface area contributed by atoms with Crippen molar-refractivity contribution in [1.82, 2.24) is 4.90 Å². The summed E-state index contributed by atoms with van der Waals surface area (Å²) in [5.41, 5.74) is 10.1. The van der Waals surface area contributed by atoms with Gasteiger partial charge < -0.3 is 4.90 Å². The minimum absolute atomic E-state index is 1.19. The molecule has 1 aliphatic carbocycles. The second-order valence-electron chi connectivity index (χ2n) is 9.48. The maximum Gasteiger partial charge on any atom is 0.00190 e. The molecule has 0 bridgehead atoms. The molecule has 1 aliphatic heterocycles. The zero-order chi connectivity index (χ0) is 22.3. The van der Waals surface area contributed by atoms with Crippen LogP contribution in [-0.4, -0.2) is 24.5 Å². The van der Waals surface area contributed by atoms with E-state index in [0.717, 1.165) is 0 Å². The predicted molar refractivity (Wildman–Crippen MR) is 142 cm³/mol. The molecule has 0 amide bonds. The second kappa shape index (κ2) is 10.8. The molecule has 3 aromatic rings. The van der Waals surface area contributed by atoms with Crippen molar-refractivity contribution in [1.29, 1.82) is 0 Å². The fourth-order valence-corrected chi connectivity index (χ4v) is 5.40. The Bertz CT molecular complexity index is 1060. The van der Waals surface area contributed by atoms with Gasteiger partial charge in [-0.25, -0.2) is 0 Å². The molecule has 0 saturated carbocycles. The van der Waals surface area contributed by atoms with Crippen molar-refractivity contribution in [2.75, 3.05) is 19.6 Å². The van der Waals surface area contributed by atoms with Gasteiger partial charge in [0.05, 0.1) is 0 Å². The number of benzene rings is 3. The Morgan fingerprint density at radius 1 is 0.576 bits per heavy atom.